The second kappa shape index (κ2) is 10.8. The van der Waals surface area contributed by atoms with E-state index in [0.717, 1.165) is 24.2 Å². The Kier molecular flexibility index (Phi) is 7.07. The number of ketones is 1. The van der Waals surface area contributed by atoms with Crippen LogP contribution in [0.4, 0.5) is 22.1 Å². The van der Waals surface area contributed by atoms with Crippen LogP contribution in [0.15, 0.2) is 55.0 Å². The lowest BCUT2D eigenvalue weighted by Gasteiger charge is -2.35. The van der Waals surface area contributed by atoms with Crippen LogP contribution in [0.5, 0.6) is 5.75 Å². The maximum absolute atomic E-state index is 13.6. The number of carbonyl (C=O) groups excluding carboxylic acids is 2. The summed E-state index contributed by atoms with van der Waals surface area (Å²) in [6, 6.07) is 10.5. The van der Waals surface area contributed by atoms with Crippen LogP contribution in [0.3, 0.4) is 0 Å². The van der Waals surface area contributed by atoms with E-state index in [-0.39, 0.29) is 24.0 Å². The molecule has 40 heavy (non-hydrogen) atoms. The first-order valence-corrected chi connectivity index (χ1v) is 13.5. The second-order valence-corrected chi connectivity index (χ2v) is 10.7. The van der Waals surface area contributed by atoms with E-state index < -0.39 is 5.79 Å². The first-order valence-electron chi connectivity index (χ1n) is 13.5. The number of carbonyl (C=O) groups is 2. The van der Waals surface area contributed by atoms with Gasteiger partial charge in [-0.1, -0.05) is 6.07 Å². The van der Waals surface area contributed by atoms with E-state index in [1.807, 2.05) is 32.0 Å². The van der Waals surface area contributed by atoms with Crippen molar-refractivity contribution < 1.29 is 23.8 Å². The first kappa shape index (κ1) is 26.1. The first-order chi connectivity index (χ1) is 19.3. The summed E-state index contributed by atoms with van der Waals surface area (Å²) in [5.41, 5.74) is 2.18. The van der Waals surface area contributed by atoms with Crippen molar-refractivity contribution in [2.45, 2.75) is 51.0 Å². The Morgan fingerprint density at radius 2 is 2.10 bits per heavy atom. The molecule has 0 saturated carbocycles. The molecule has 11 nitrogen and oxygen atoms in total. The van der Waals surface area contributed by atoms with E-state index in [2.05, 4.69) is 20.2 Å². The monoisotopic (exact) mass is 544 g/mol. The van der Waals surface area contributed by atoms with Crippen LogP contribution in [0.1, 0.15) is 42.7 Å². The van der Waals surface area contributed by atoms with Gasteiger partial charge >= 0.3 is 6.03 Å². The van der Waals surface area contributed by atoms with Gasteiger partial charge in [0.2, 0.25) is 0 Å². The normalized spacial score (nSPS) is 20.8. The van der Waals surface area contributed by atoms with Gasteiger partial charge in [0.15, 0.2) is 17.4 Å². The van der Waals surface area contributed by atoms with Gasteiger partial charge in [0.25, 0.3) is 0 Å². The molecule has 3 aliphatic heterocycles. The molecule has 6 rings (SSSR count). The molecule has 2 atom stereocenters. The van der Waals surface area contributed by atoms with Gasteiger partial charge in [0.05, 0.1) is 18.3 Å². The maximum atomic E-state index is 13.6. The number of urea groups is 1. The molecular weight excluding hydrogens is 512 g/mol. The average molecular weight is 545 g/mol. The summed E-state index contributed by atoms with van der Waals surface area (Å²) in [6.45, 7) is 6.04. The molecule has 1 N–H and O–H groups in total. The van der Waals surface area contributed by atoms with Gasteiger partial charge in [-0.25, -0.2) is 14.8 Å². The fourth-order valence-electron chi connectivity index (χ4n) is 5.33. The van der Waals surface area contributed by atoms with E-state index in [4.69, 9.17) is 19.2 Å². The van der Waals surface area contributed by atoms with E-state index in [1.54, 1.807) is 41.7 Å². The number of anilines is 3. The second-order valence-electron chi connectivity index (χ2n) is 10.7. The minimum atomic E-state index is -0.621. The molecule has 3 aromatic rings. The third-order valence-electron chi connectivity index (χ3n) is 7.29. The number of fused-ring (bicyclic) bond motifs is 4. The number of nitrogens with one attached hydrogen (secondary N) is 1. The van der Waals surface area contributed by atoms with Crippen LogP contribution >= 0.6 is 0 Å². The molecule has 0 spiro atoms. The zero-order valence-corrected chi connectivity index (χ0v) is 22.6. The summed E-state index contributed by atoms with van der Waals surface area (Å²) in [5.74, 6) is 0.712. The zero-order chi connectivity index (χ0) is 27.7. The van der Waals surface area contributed by atoms with Gasteiger partial charge in [-0.3, -0.25) is 20.0 Å². The van der Waals surface area contributed by atoms with E-state index in [0.29, 0.717) is 55.7 Å². The van der Waals surface area contributed by atoms with Crippen LogP contribution in [0, 0.1) is 0 Å². The zero-order valence-electron chi connectivity index (χ0n) is 22.6. The number of amides is 2. The van der Waals surface area contributed by atoms with E-state index in [9.17, 15) is 9.59 Å². The van der Waals surface area contributed by atoms with Crippen LogP contribution in [0.25, 0.3) is 0 Å². The summed E-state index contributed by atoms with van der Waals surface area (Å²) in [6.07, 6.45) is 6.57. The van der Waals surface area contributed by atoms with Crippen LogP contribution in [0.2, 0.25) is 0 Å². The lowest BCUT2D eigenvalue weighted by molar-refractivity contribution is -0.141. The van der Waals surface area contributed by atoms with Crippen molar-refractivity contribution >= 4 is 29.1 Å². The molecule has 6 heterocycles. The number of Topliss-reactive ketones (excluding diaryl/α,β-unsaturated/α-hetero) is 1. The van der Waals surface area contributed by atoms with Crippen molar-refractivity contribution in [1.29, 1.82) is 0 Å². The largest absolute Gasteiger partial charge is 0.491 e. The fraction of sp³-hybridized carbons (Fsp3) is 0.414. The van der Waals surface area contributed by atoms with Crippen LogP contribution in [-0.4, -0.2) is 71.0 Å². The standard InChI is InChI=1S/C29H32N6O5/c1-29(2)39-18-22(40-29)17-38-21-9-12-31-26(14-21)33-28(37)35-20-10-13-34(16-20)24-7-6-23(32-27(24)35)25(36)8-5-19-4-3-11-30-15-19/h3-4,6-7,9,11-12,14-15,20,22H,5,8,10,13,16-18H2,1-2H3,(H,31,33,37)/t20-,22-/m0/s1. The highest BCUT2D eigenvalue weighted by atomic mass is 16.7. The number of nitrogens with zero attached hydrogens (tertiary/aromatic N) is 5. The topological polar surface area (TPSA) is 119 Å². The molecule has 2 amide bonds. The van der Waals surface area contributed by atoms with Crippen LogP contribution in [-0.2, 0) is 15.9 Å². The quantitative estimate of drug-likeness (QED) is 0.422. The van der Waals surface area contributed by atoms with Gasteiger partial charge in [0.1, 0.15) is 30.0 Å². The highest BCUT2D eigenvalue weighted by Gasteiger charge is 2.40. The molecular formula is C29H32N6O5. The van der Waals surface area contributed by atoms with Crippen molar-refractivity contribution in [2.75, 3.05) is 41.4 Å². The Hall–Kier alpha value is -4.09. The van der Waals surface area contributed by atoms with Crippen molar-refractivity contribution in [3.05, 3.63) is 66.2 Å². The number of pyridine rings is 3. The van der Waals surface area contributed by atoms with Crippen molar-refractivity contribution in [2.24, 2.45) is 0 Å². The maximum Gasteiger partial charge on any atom is 0.329 e. The molecule has 11 heteroatoms. The fourth-order valence-corrected chi connectivity index (χ4v) is 5.33. The number of rotatable bonds is 8. The molecule has 0 radical (unpaired) electrons. The van der Waals surface area contributed by atoms with Gasteiger partial charge in [-0.15, -0.1) is 0 Å². The Balaban J connectivity index is 1.15. The van der Waals surface area contributed by atoms with Crippen molar-refractivity contribution in [1.82, 2.24) is 15.0 Å². The lowest BCUT2D eigenvalue weighted by atomic mass is 10.1. The predicted molar refractivity (Wildman–Crippen MR) is 148 cm³/mol. The Morgan fingerprint density at radius 1 is 1.20 bits per heavy atom. The molecule has 2 fully saturated rings. The summed E-state index contributed by atoms with van der Waals surface area (Å²) < 4.78 is 17.3. The Labute approximate surface area is 232 Å². The molecule has 3 aliphatic rings. The van der Waals surface area contributed by atoms with Gasteiger partial charge in [0, 0.05) is 44.2 Å². The average Bonchev–Trinajstić information content (AvgIpc) is 3.54. The molecule has 0 aliphatic carbocycles. The number of hydrogen-bond donors (Lipinski definition) is 1. The summed E-state index contributed by atoms with van der Waals surface area (Å²) in [4.78, 5) is 43.6. The summed E-state index contributed by atoms with van der Waals surface area (Å²) in [7, 11) is 0. The molecule has 208 valence electrons. The minimum Gasteiger partial charge on any atom is -0.491 e. The molecule has 2 bridgehead atoms. The van der Waals surface area contributed by atoms with E-state index in [1.165, 1.54) is 0 Å². The van der Waals surface area contributed by atoms with Gasteiger partial charge < -0.3 is 19.1 Å². The summed E-state index contributed by atoms with van der Waals surface area (Å²) >= 11 is 0. The van der Waals surface area contributed by atoms with Crippen molar-refractivity contribution in [3.63, 3.8) is 0 Å². The van der Waals surface area contributed by atoms with Crippen LogP contribution < -0.4 is 19.9 Å². The smallest absolute Gasteiger partial charge is 0.329 e. The minimum absolute atomic E-state index is 0.0527. The number of aromatic nitrogens is 3. The highest BCUT2D eigenvalue weighted by Crippen LogP contribution is 2.39. The van der Waals surface area contributed by atoms with Gasteiger partial charge in [-0.2, -0.15) is 0 Å². The molecule has 3 aromatic heterocycles. The third-order valence-corrected chi connectivity index (χ3v) is 7.29. The predicted octanol–water partition coefficient (Wildman–Crippen LogP) is 3.85. The number of hydrogen-bond acceptors (Lipinski definition) is 9. The Morgan fingerprint density at radius 3 is 2.90 bits per heavy atom. The van der Waals surface area contributed by atoms with E-state index >= 15 is 0 Å². The molecule has 0 unspecified atom stereocenters. The number of ether oxygens (including phenoxy) is 3. The SMILES string of the molecule is CC1(C)OC[C@H](COc2ccnc(NC(=O)N3c4nc(C(=O)CCc5cccnc5)ccc4N4CC[C@H]3C4)c2)O1. The third kappa shape index (κ3) is 5.61. The van der Waals surface area contributed by atoms with Gasteiger partial charge in [-0.05, 0) is 56.5 Å². The molecule has 2 saturated heterocycles. The summed E-state index contributed by atoms with van der Waals surface area (Å²) in [5, 5.41) is 2.90. The molecule has 0 aromatic carbocycles. The number of aryl methyl sites for hydroxylation is 1. The van der Waals surface area contributed by atoms with Crippen molar-refractivity contribution in [3.8, 4) is 5.75 Å². The highest BCUT2D eigenvalue weighted by molar-refractivity contribution is 6.05. The lowest BCUT2D eigenvalue weighted by Crippen LogP contribution is -2.48. The Bertz CT molecular complexity index is 1400.